The van der Waals surface area contributed by atoms with Crippen LogP contribution in [0.2, 0.25) is 0 Å². The van der Waals surface area contributed by atoms with E-state index in [9.17, 15) is 37.0 Å². The predicted octanol–water partition coefficient (Wildman–Crippen LogP) is 1.59. The van der Waals surface area contributed by atoms with Crippen molar-refractivity contribution >= 4 is 38.3 Å². The van der Waals surface area contributed by atoms with Gasteiger partial charge in [0.1, 0.15) is 23.4 Å². The molecule has 10 nitrogen and oxygen atoms in total. The second kappa shape index (κ2) is 13.1. The van der Waals surface area contributed by atoms with Crippen molar-refractivity contribution in [3.8, 4) is 0 Å². The monoisotopic (exact) mass is 582 g/mol. The Morgan fingerprint density at radius 2 is 1.72 bits per heavy atom. The van der Waals surface area contributed by atoms with Crippen LogP contribution in [0.5, 0.6) is 0 Å². The van der Waals surface area contributed by atoms with Crippen LogP contribution >= 0.6 is 11.3 Å². The van der Waals surface area contributed by atoms with Crippen LogP contribution in [0.3, 0.4) is 0 Å². The summed E-state index contributed by atoms with van der Waals surface area (Å²) in [4.78, 5) is 29.3. The van der Waals surface area contributed by atoms with Gasteiger partial charge < -0.3 is 20.8 Å². The van der Waals surface area contributed by atoms with E-state index in [1.54, 1.807) is 24.3 Å². The molecule has 0 unspecified atom stereocenters. The predicted molar refractivity (Wildman–Crippen MR) is 142 cm³/mol. The highest BCUT2D eigenvalue weighted by atomic mass is 32.2. The number of anilines is 1. The third-order valence-corrected chi connectivity index (χ3v) is 7.92. The largest absolute Gasteiger partial charge is 0.390 e. The molecule has 14 heteroatoms. The van der Waals surface area contributed by atoms with Gasteiger partial charge in [0.15, 0.2) is 5.13 Å². The number of aliphatic hydroxyl groups excluding tert-OH is 2. The second-order valence-electron chi connectivity index (χ2n) is 8.83. The molecule has 210 valence electrons. The molecule has 2 amide bonds. The molecule has 0 radical (unpaired) electrons. The number of nitrogens with one attached hydrogen (secondary N) is 2. The molecule has 39 heavy (non-hydrogen) atoms. The third kappa shape index (κ3) is 8.78. The first-order chi connectivity index (χ1) is 18.3. The Labute approximate surface area is 228 Å². The summed E-state index contributed by atoms with van der Waals surface area (Å²) < 4.78 is 52.0. The van der Waals surface area contributed by atoms with Crippen LogP contribution in [0.1, 0.15) is 28.0 Å². The van der Waals surface area contributed by atoms with Crippen LogP contribution in [0.25, 0.3) is 0 Å². The smallest absolute Gasteiger partial charge is 0.271 e. The van der Waals surface area contributed by atoms with E-state index in [2.05, 4.69) is 15.6 Å². The molecule has 0 saturated carbocycles. The number of hydrogen-bond acceptors (Lipinski definition) is 8. The highest BCUT2D eigenvalue weighted by molar-refractivity contribution is 7.92. The molecule has 1 heterocycles. The molecule has 0 fully saturated rings. The van der Waals surface area contributed by atoms with Crippen LogP contribution in [-0.4, -0.2) is 67.0 Å². The molecule has 1 aromatic heterocycles. The number of carbonyl (C=O) groups excluding carboxylic acids is 2. The van der Waals surface area contributed by atoms with Gasteiger partial charge in [-0.05, 0) is 29.7 Å². The molecule has 4 N–H and O–H groups in total. The number of aromatic nitrogens is 1. The van der Waals surface area contributed by atoms with Crippen molar-refractivity contribution in [3.63, 3.8) is 0 Å². The van der Waals surface area contributed by atoms with Gasteiger partial charge in [-0.25, -0.2) is 26.5 Å². The highest BCUT2D eigenvalue weighted by Crippen LogP contribution is 2.22. The molecule has 0 aliphatic rings. The van der Waals surface area contributed by atoms with Crippen molar-refractivity contribution in [2.75, 3.05) is 17.6 Å². The van der Waals surface area contributed by atoms with Crippen LogP contribution < -0.4 is 14.9 Å². The van der Waals surface area contributed by atoms with E-state index in [0.717, 1.165) is 39.6 Å². The topological polar surface area (TPSA) is 149 Å². The zero-order chi connectivity index (χ0) is 28.7. The number of sulfonamides is 1. The Balaban J connectivity index is 1.75. The number of amides is 2. The van der Waals surface area contributed by atoms with Crippen molar-refractivity contribution in [2.24, 2.45) is 0 Å². The van der Waals surface area contributed by atoms with E-state index in [4.69, 9.17) is 0 Å². The molecule has 0 aliphatic carbocycles. The lowest BCUT2D eigenvalue weighted by molar-refractivity contribution is -0.125. The summed E-state index contributed by atoms with van der Waals surface area (Å²) in [5, 5.41) is 27.9. The van der Waals surface area contributed by atoms with Crippen molar-refractivity contribution in [1.82, 2.24) is 15.6 Å². The van der Waals surface area contributed by atoms with E-state index in [1.165, 1.54) is 12.4 Å². The zero-order valence-corrected chi connectivity index (χ0v) is 22.7. The maximum Gasteiger partial charge on any atom is 0.271 e. The van der Waals surface area contributed by atoms with E-state index in [1.807, 2.05) is 6.07 Å². The van der Waals surface area contributed by atoms with Gasteiger partial charge in [0.2, 0.25) is 15.9 Å². The number of thiazole rings is 1. The molecule has 0 saturated heterocycles. The zero-order valence-electron chi connectivity index (χ0n) is 21.0. The fraction of sp³-hybridized carbons (Fsp3) is 0.320. The minimum atomic E-state index is -3.63. The SMILES string of the molecule is CN(c1nc(C(=O)N[C@@H](Cc2cc(F)cc(F)c2)[C@@H](O)[C@H](O)CC(=O)NCc2ccccc2)cs1)S(C)(=O)=O. The molecule has 3 aromatic rings. The summed E-state index contributed by atoms with van der Waals surface area (Å²) in [5.41, 5.74) is 0.722. The standard InChI is InChI=1S/C25H28F2N4O6S2/c1-31(39(2,36)37)25-30-20(14-38-25)24(35)29-19(10-16-8-17(26)11-18(27)9-16)23(34)21(32)12-22(33)28-13-15-6-4-3-5-7-15/h3-9,11,14,19,21,23,32,34H,10,12-13H2,1-2H3,(H,28,33)(H,29,35)/t19-,21+,23+/m0/s1. The molecule has 3 atom stereocenters. The number of hydrogen-bond donors (Lipinski definition) is 4. The maximum atomic E-state index is 13.8. The Morgan fingerprint density at radius 1 is 1.08 bits per heavy atom. The van der Waals surface area contributed by atoms with Crippen LogP contribution in [0, 0.1) is 11.6 Å². The van der Waals surface area contributed by atoms with Crippen LogP contribution in [0.4, 0.5) is 13.9 Å². The van der Waals surface area contributed by atoms with Gasteiger partial charge in [-0.15, -0.1) is 11.3 Å². The highest BCUT2D eigenvalue weighted by Gasteiger charge is 2.31. The van der Waals surface area contributed by atoms with Crippen LogP contribution in [-0.2, 0) is 27.8 Å². The fourth-order valence-electron chi connectivity index (χ4n) is 3.58. The van der Waals surface area contributed by atoms with Gasteiger partial charge in [-0.2, -0.15) is 0 Å². The van der Waals surface area contributed by atoms with Crippen molar-refractivity contribution in [2.45, 2.75) is 37.6 Å². The molecule has 0 spiro atoms. The van der Waals surface area contributed by atoms with E-state index >= 15 is 0 Å². The first kappa shape index (κ1) is 30.1. The Morgan fingerprint density at radius 3 is 2.33 bits per heavy atom. The van der Waals surface area contributed by atoms with Crippen molar-refractivity contribution in [1.29, 1.82) is 0 Å². The average Bonchev–Trinajstić information content (AvgIpc) is 3.36. The molecule has 0 aliphatic heterocycles. The van der Waals surface area contributed by atoms with E-state index < -0.39 is 58.1 Å². The Bertz CT molecular complexity index is 1380. The first-order valence-corrected chi connectivity index (χ1v) is 14.4. The summed E-state index contributed by atoms with van der Waals surface area (Å²) in [6.45, 7) is 0.194. The molecular formula is C25H28F2N4O6S2. The Kier molecular flexibility index (Phi) is 10.1. The number of halogens is 2. The normalized spacial score (nSPS) is 13.8. The fourth-order valence-corrected chi connectivity index (χ4v) is 5.12. The summed E-state index contributed by atoms with van der Waals surface area (Å²) in [5.74, 6) is -3.15. The van der Waals surface area contributed by atoms with Gasteiger partial charge >= 0.3 is 0 Å². The molecule has 3 rings (SSSR count). The minimum Gasteiger partial charge on any atom is -0.390 e. The lowest BCUT2D eigenvalue weighted by Crippen LogP contribution is -2.50. The van der Waals surface area contributed by atoms with Crippen LogP contribution in [0.15, 0.2) is 53.9 Å². The summed E-state index contributed by atoms with van der Waals surface area (Å²) >= 11 is 0.885. The number of carbonyl (C=O) groups is 2. The molecule has 2 aromatic carbocycles. The maximum absolute atomic E-state index is 13.8. The molecule has 0 bridgehead atoms. The molecular weight excluding hydrogens is 554 g/mol. The van der Waals surface area contributed by atoms with Gasteiger partial charge in [-0.1, -0.05) is 30.3 Å². The number of aliphatic hydroxyl groups is 2. The van der Waals surface area contributed by atoms with Gasteiger partial charge in [-0.3, -0.25) is 9.59 Å². The minimum absolute atomic E-state index is 0.0158. The van der Waals surface area contributed by atoms with Crippen molar-refractivity contribution < 1.29 is 37.0 Å². The van der Waals surface area contributed by atoms with Crippen molar-refractivity contribution in [3.05, 3.63) is 82.4 Å². The lowest BCUT2D eigenvalue weighted by atomic mass is 9.95. The quantitative estimate of drug-likeness (QED) is 0.253. The van der Waals surface area contributed by atoms with Gasteiger partial charge in [0.25, 0.3) is 5.91 Å². The summed E-state index contributed by atoms with van der Waals surface area (Å²) in [6, 6.07) is 10.4. The summed E-state index contributed by atoms with van der Waals surface area (Å²) in [7, 11) is -2.37. The first-order valence-electron chi connectivity index (χ1n) is 11.7. The van der Waals surface area contributed by atoms with E-state index in [0.29, 0.717) is 6.07 Å². The second-order valence-corrected chi connectivity index (χ2v) is 11.7. The van der Waals surface area contributed by atoms with Gasteiger partial charge in [0, 0.05) is 25.0 Å². The number of nitrogens with zero attached hydrogens (tertiary/aromatic N) is 2. The summed E-state index contributed by atoms with van der Waals surface area (Å²) in [6.07, 6.45) is -3.22. The Hall–Kier alpha value is -3.46. The average molecular weight is 583 g/mol. The third-order valence-electron chi connectivity index (χ3n) is 5.72. The van der Waals surface area contributed by atoms with E-state index in [-0.39, 0.29) is 29.4 Å². The number of rotatable bonds is 12. The lowest BCUT2D eigenvalue weighted by Gasteiger charge is -2.27. The number of benzene rings is 2. The van der Waals surface area contributed by atoms with Gasteiger partial charge in [0.05, 0.1) is 24.8 Å².